The van der Waals surface area contributed by atoms with Crippen molar-refractivity contribution in [2.45, 2.75) is 46.1 Å². The molecule has 1 aromatic carbocycles. The number of carboxylic acids is 1. The Morgan fingerprint density at radius 3 is 2.50 bits per heavy atom. The summed E-state index contributed by atoms with van der Waals surface area (Å²) < 4.78 is 0. The van der Waals surface area contributed by atoms with E-state index in [1.807, 2.05) is 39.0 Å². The van der Waals surface area contributed by atoms with E-state index >= 15 is 0 Å². The average molecular weight is 278 g/mol. The molecule has 0 aliphatic carbocycles. The van der Waals surface area contributed by atoms with Crippen molar-refractivity contribution in [1.29, 1.82) is 0 Å². The minimum Gasteiger partial charge on any atom is -0.481 e. The largest absolute Gasteiger partial charge is 0.481 e. The van der Waals surface area contributed by atoms with Crippen LogP contribution < -0.4 is 10.6 Å². The van der Waals surface area contributed by atoms with Gasteiger partial charge in [0, 0.05) is 11.7 Å². The predicted molar refractivity (Wildman–Crippen MR) is 79.0 cm³/mol. The fourth-order valence-electron chi connectivity index (χ4n) is 1.96. The summed E-state index contributed by atoms with van der Waals surface area (Å²) in [6, 6.07) is 4.94. The van der Waals surface area contributed by atoms with Crippen LogP contribution >= 0.6 is 0 Å². The van der Waals surface area contributed by atoms with E-state index in [1.165, 1.54) is 0 Å². The van der Waals surface area contributed by atoms with Crippen molar-refractivity contribution in [3.05, 3.63) is 29.3 Å². The molecular formula is C15H22N2O3. The summed E-state index contributed by atoms with van der Waals surface area (Å²) in [7, 11) is 0. The highest BCUT2D eigenvalue weighted by Crippen LogP contribution is 2.14. The summed E-state index contributed by atoms with van der Waals surface area (Å²) in [6.45, 7) is 5.93. The van der Waals surface area contributed by atoms with Gasteiger partial charge in [0.25, 0.3) is 0 Å². The zero-order valence-electron chi connectivity index (χ0n) is 12.2. The van der Waals surface area contributed by atoms with Crippen molar-refractivity contribution in [2.75, 3.05) is 5.32 Å². The van der Waals surface area contributed by atoms with Crippen molar-refractivity contribution in [2.24, 2.45) is 0 Å². The van der Waals surface area contributed by atoms with Gasteiger partial charge in [-0.15, -0.1) is 0 Å². The number of aliphatic carboxylic acids is 1. The summed E-state index contributed by atoms with van der Waals surface area (Å²) >= 11 is 0. The van der Waals surface area contributed by atoms with Crippen molar-refractivity contribution < 1.29 is 14.7 Å². The van der Waals surface area contributed by atoms with Gasteiger partial charge in [0.05, 0.1) is 6.42 Å². The number of benzene rings is 1. The second-order valence-electron chi connectivity index (χ2n) is 4.98. The summed E-state index contributed by atoms with van der Waals surface area (Å²) in [6.07, 6.45) is 1.41. The minimum atomic E-state index is -0.907. The first-order valence-corrected chi connectivity index (χ1v) is 6.79. The fraction of sp³-hybridized carbons (Fsp3) is 0.467. The number of carbonyl (C=O) groups is 2. The molecule has 5 nitrogen and oxygen atoms in total. The van der Waals surface area contributed by atoms with E-state index in [0.29, 0.717) is 12.1 Å². The van der Waals surface area contributed by atoms with Crippen molar-refractivity contribution in [3.63, 3.8) is 0 Å². The Bertz CT molecular complexity index is 486. The number of carbonyl (C=O) groups excluding carboxylic acids is 1. The first-order valence-electron chi connectivity index (χ1n) is 6.79. The lowest BCUT2D eigenvalue weighted by atomic mass is 10.1. The van der Waals surface area contributed by atoms with Crippen LogP contribution in [0.15, 0.2) is 18.2 Å². The number of carboxylic acid groups (broad SMARTS) is 1. The van der Waals surface area contributed by atoms with E-state index in [1.54, 1.807) is 0 Å². The van der Waals surface area contributed by atoms with Crippen LogP contribution in [0, 0.1) is 13.8 Å². The molecule has 0 radical (unpaired) electrons. The van der Waals surface area contributed by atoms with E-state index in [0.717, 1.165) is 17.5 Å². The molecule has 0 saturated carbocycles. The summed E-state index contributed by atoms with van der Waals surface area (Å²) in [5.74, 6) is -0.907. The quantitative estimate of drug-likeness (QED) is 0.748. The molecule has 20 heavy (non-hydrogen) atoms. The number of rotatable bonds is 6. The number of nitrogens with one attached hydrogen (secondary N) is 2. The Balaban J connectivity index is 2.60. The lowest BCUT2D eigenvalue weighted by Gasteiger charge is -2.17. The first kappa shape index (κ1) is 16.0. The molecule has 0 fully saturated rings. The van der Waals surface area contributed by atoms with E-state index in [2.05, 4.69) is 10.6 Å². The number of aryl methyl sites for hydroxylation is 2. The van der Waals surface area contributed by atoms with E-state index < -0.39 is 5.97 Å². The molecule has 110 valence electrons. The third kappa shape index (κ3) is 5.30. The molecule has 3 N–H and O–H groups in total. The lowest BCUT2D eigenvalue weighted by Crippen LogP contribution is -2.39. The van der Waals surface area contributed by atoms with Gasteiger partial charge in [0.15, 0.2) is 0 Å². The maximum Gasteiger partial charge on any atom is 0.319 e. The number of urea groups is 1. The van der Waals surface area contributed by atoms with E-state index in [9.17, 15) is 9.59 Å². The zero-order chi connectivity index (χ0) is 15.1. The standard InChI is InChI=1S/C15H22N2O3/c1-4-5-12(9-14(18)19)16-15(20)17-13-7-6-10(2)11(3)8-13/h6-8,12H,4-5,9H2,1-3H3,(H,18,19)(H2,16,17,20). The maximum atomic E-state index is 11.9. The van der Waals surface area contributed by atoms with Crippen LogP contribution in [0.3, 0.4) is 0 Å². The molecule has 1 rings (SSSR count). The van der Waals surface area contributed by atoms with Crippen molar-refractivity contribution in [3.8, 4) is 0 Å². The molecule has 0 aliphatic heterocycles. The Morgan fingerprint density at radius 2 is 1.95 bits per heavy atom. The molecule has 0 saturated heterocycles. The van der Waals surface area contributed by atoms with Gasteiger partial charge in [0.2, 0.25) is 0 Å². The normalized spacial score (nSPS) is 11.8. The molecule has 0 heterocycles. The highest BCUT2D eigenvalue weighted by atomic mass is 16.4. The van der Waals surface area contributed by atoms with Crippen LogP contribution in [0.5, 0.6) is 0 Å². The van der Waals surface area contributed by atoms with Gasteiger partial charge in [-0.2, -0.15) is 0 Å². The van der Waals surface area contributed by atoms with Gasteiger partial charge < -0.3 is 15.7 Å². The summed E-state index contributed by atoms with van der Waals surface area (Å²) in [5, 5.41) is 14.2. The minimum absolute atomic E-state index is 0.0613. The van der Waals surface area contributed by atoms with Gasteiger partial charge in [-0.1, -0.05) is 19.4 Å². The third-order valence-electron chi connectivity index (χ3n) is 3.16. The van der Waals surface area contributed by atoms with Crippen LogP contribution in [-0.2, 0) is 4.79 Å². The summed E-state index contributed by atoms with van der Waals surface area (Å²) in [5.41, 5.74) is 2.96. The zero-order valence-corrected chi connectivity index (χ0v) is 12.2. The SMILES string of the molecule is CCCC(CC(=O)O)NC(=O)Nc1ccc(C)c(C)c1. The second-order valence-corrected chi connectivity index (χ2v) is 4.98. The number of hydrogen-bond acceptors (Lipinski definition) is 2. The average Bonchev–Trinajstić information content (AvgIpc) is 2.33. The number of anilines is 1. The fourth-order valence-corrected chi connectivity index (χ4v) is 1.96. The first-order chi connectivity index (χ1) is 9.42. The predicted octanol–water partition coefficient (Wildman–Crippen LogP) is 3.07. The Kier molecular flexibility index (Phi) is 6.03. The molecule has 1 aromatic rings. The molecular weight excluding hydrogens is 256 g/mol. The van der Waals surface area contributed by atoms with Crippen LogP contribution in [-0.4, -0.2) is 23.1 Å². The lowest BCUT2D eigenvalue weighted by molar-refractivity contribution is -0.137. The Morgan fingerprint density at radius 1 is 1.25 bits per heavy atom. The smallest absolute Gasteiger partial charge is 0.319 e. The monoisotopic (exact) mass is 278 g/mol. The molecule has 2 amide bonds. The molecule has 1 atom stereocenters. The van der Waals surface area contributed by atoms with E-state index in [4.69, 9.17) is 5.11 Å². The Hall–Kier alpha value is -2.04. The molecule has 0 aliphatic rings. The molecule has 5 heteroatoms. The highest BCUT2D eigenvalue weighted by molar-refractivity contribution is 5.89. The van der Waals surface area contributed by atoms with Gasteiger partial charge in [0.1, 0.15) is 0 Å². The Labute approximate surface area is 119 Å². The van der Waals surface area contributed by atoms with Crippen LogP contribution in [0.2, 0.25) is 0 Å². The van der Waals surface area contributed by atoms with Crippen molar-refractivity contribution >= 4 is 17.7 Å². The van der Waals surface area contributed by atoms with Crippen LogP contribution in [0.4, 0.5) is 10.5 Å². The van der Waals surface area contributed by atoms with Gasteiger partial charge >= 0.3 is 12.0 Å². The van der Waals surface area contributed by atoms with E-state index in [-0.39, 0.29) is 18.5 Å². The van der Waals surface area contributed by atoms with Crippen LogP contribution in [0.1, 0.15) is 37.3 Å². The molecule has 0 aromatic heterocycles. The second kappa shape index (κ2) is 7.53. The topological polar surface area (TPSA) is 78.4 Å². The molecule has 0 bridgehead atoms. The number of hydrogen-bond donors (Lipinski definition) is 3. The number of amides is 2. The van der Waals surface area contributed by atoms with Gasteiger partial charge in [-0.3, -0.25) is 4.79 Å². The van der Waals surface area contributed by atoms with Gasteiger partial charge in [-0.05, 0) is 43.5 Å². The highest BCUT2D eigenvalue weighted by Gasteiger charge is 2.15. The van der Waals surface area contributed by atoms with Crippen molar-refractivity contribution in [1.82, 2.24) is 5.32 Å². The maximum absolute atomic E-state index is 11.9. The van der Waals surface area contributed by atoms with Crippen LogP contribution in [0.25, 0.3) is 0 Å². The third-order valence-corrected chi connectivity index (χ3v) is 3.16. The molecule has 1 unspecified atom stereocenters. The van der Waals surface area contributed by atoms with Gasteiger partial charge in [-0.25, -0.2) is 4.79 Å². The molecule has 0 spiro atoms. The summed E-state index contributed by atoms with van der Waals surface area (Å²) in [4.78, 5) is 22.6.